The zero-order chi connectivity index (χ0) is 11.5. The summed E-state index contributed by atoms with van der Waals surface area (Å²) >= 11 is 1.44. The first-order chi connectivity index (χ1) is 6.87. The molecule has 3 nitrogen and oxygen atoms in total. The molecular formula is C10H17NO2S2. The van der Waals surface area contributed by atoms with E-state index >= 15 is 0 Å². The van der Waals surface area contributed by atoms with Crippen LogP contribution >= 0.6 is 11.3 Å². The van der Waals surface area contributed by atoms with Gasteiger partial charge in [-0.05, 0) is 18.8 Å². The van der Waals surface area contributed by atoms with Crippen LogP contribution in [0.5, 0.6) is 0 Å². The minimum Gasteiger partial charge on any atom is -0.245 e. The molecule has 86 valence electrons. The molecule has 1 heterocycles. The summed E-state index contributed by atoms with van der Waals surface area (Å²) in [6, 6.07) is 0. The number of hydrogen-bond donors (Lipinski definition) is 0. The fourth-order valence-corrected chi connectivity index (χ4v) is 3.23. The highest BCUT2D eigenvalue weighted by Gasteiger charge is 2.09. The first kappa shape index (κ1) is 12.6. The van der Waals surface area contributed by atoms with E-state index in [0.717, 1.165) is 18.5 Å². The molecular weight excluding hydrogens is 230 g/mol. The van der Waals surface area contributed by atoms with E-state index in [2.05, 4.69) is 18.8 Å². The Morgan fingerprint density at radius 2 is 2.13 bits per heavy atom. The van der Waals surface area contributed by atoms with Crippen molar-refractivity contribution >= 4 is 21.2 Å². The molecule has 0 saturated heterocycles. The quantitative estimate of drug-likeness (QED) is 0.802. The third-order valence-corrected chi connectivity index (χ3v) is 3.84. The Morgan fingerprint density at radius 3 is 2.67 bits per heavy atom. The number of nitrogens with zero attached hydrogens (tertiary/aromatic N) is 1. The van der Waals surface area contributed by atoms with Crippen molar-refractivity contribution < 1.29 is 8.42 Å². The Bertz CT molecular complexity index is 407. The molecule has 0 aliphatic heterocycles. The third kappa shape index (κ3) is 5.28. The van der Waals surface area contributed by atoms with E-state index in [9.17, 15) is 8.42 Å². The van der Waals surface area contributed by atoms with Gasteiger partial charge in [0.1, 0.15) is 10.8 Å². The summed E-state index contributed by atoms with van der Waals surface area (Å²) in [5.74, 6) is 0.726. The maximum Gasteiger partial charge on any atom is 0.153 e. The highest BCUT2D eigenvalue weighted by Crippen LogP contribution is 2.15. The molecule has 5 heteroatoms. The van der Waals surface area contributed by atoms with Crippen molar-refractivity contribution in [2.24, 2.45) is 5.92 Å². The van der Waals surface area contributed by atoms with Gasteiger partial charge in [-0.15, -0.1) is 11.3 Å². The second kappa shape index (κ2) is 5.07. The van der Waals surface area contributed by atoms with Gasteiger partial charge in [0.2, 0.25) is 0 Å². The monoisotopic (exact) mass is 247 g/mol. The zero-order valence-electron chi connectivity index (χ0n) is 9.36. The Labute approximate surface area is 95.5 Å². The fourth-order valence-electron chi connectivity index (χ4n) is 1.19. The largest absolute Gasteiger partial charge is 0.245 e. The number of hydrogen-bond acceptors (Lipinski definition) is 4. The molecule has 1 aromatic heterocycles. The van der Waals surface area contributed by atoms with Gasteiger partial charge in [0.15, 0.2) is 9.84 Å². The van der Waals surface area contributed by atoms with Crippen LogP contribution in [0.4, 0.5) is 0 Å². The Morgan fingerprint density at radius 1 is 1.47 bits per heavy atom. The SMILES string of the molecule is CC(C)CCc1csc(CS(C)(=O)=O)n1. The molecule has 0 atom stereocenters. The van der Waals surface area contributed by atoms with Crippen molar-refractivity contribution in [1.82, 2.24) is 4.98 Å². The summed E-state index contributed by atoms with van der Waals surface area (Å²) in [5, 5.41) is 2.67. The first-order valence-electron chi connectivity index (χ1n) is 4.98. The van der Waals surface area contributed by atoms with E-state index in [0.29, 0.717) is 10.9 Å². The predicted molar refractivity (Wildman–Crippen MR) is 63.8 cm³/mol. The Hall–Kier alpha value is -0.420. The van der Waals surface area contributed by atoms with Crippen LogP contribution in [-0.4, -0.2) is 19.7 Å². The molecule has 0 saturated carbocycles. The molecule has 0 bridgehead atoms. The van der Waals surface area contributed by atoms with Crippen LogP contribution in [0.1, 0.15) is 31.0 Å². The van der Waals surface area contributed by atoms with E-state index in [-0.39, 0.29) is 5.75 Å². The summed E-state index contributed by atoms with van der Waals surface area (Å²) in [6.45, 7) is 4.34. The lowest BCUT2D eigenvalue weighted by Gasteiger charge is -2.00. The molecule has 1 aromatic rings. The van der Waals surface area contributed by atoms with E-state index < -0.39 is 9.84 Å². The minimum absolute atomic E-state index is 0.0688. The van der Waals surface area contributed by atoms with Crippen LogP contribution in [0.15, 0.2) is 5.38 Å². The van der Waals surface area contributed by atoms with Gasteiger partial charge in [-0.25, -0.2) is 13.4 Å². The smallest absolute Gasteiger partial charge is 0.153 e. The van der Waals surface area contributed by atoms with Gasteiger partial charge in [0.25, 0.3) is 0 Å². The molecule has 0 unspecified atom stereocenters. The molecule has 0 amide bonds. The molecule has 0 radical (unpaired) electrons. The van der Waals surface area contributed by atoms with E-state index in [1.807, 2.05) is 5.38 Å². The van der Waals surface area contributed by atoms with Gasteiger partial charge in [-0.3, -0.25) is 0 Å². The molecule has 0 fully saturated rings. The average molecular weight is 247 g/mol. The maximum absolute atomic E-state index is 11.0. The summed E-state index contributed by atoms with van der Waals surface area (Å²) in [5.41, 5.74) is 1.02. The normalized spacial score (nSPS) is 12.3. The highest BCUT2D eigenvalue weighted by molar-refractivity contribution is 7.90. The van der Waals surface area contributed by atoms with Crippen molar-refractivity contribution in [1.29, 1.82) is 0 Å². The van der Waals surface area contributed by atoms with Crippen LogP contribution in [0.2, 0.25) is 0 Å². The molecule has 15 heavy (non-hydrogen) atoms. The van der Waals surface area contributed by atoms with Crippen LogP contribution in [0.25, 0.3) is 0 Å². The zero-order valence-corrected chi connectivity index (χ0v) is 11.0. The van der Waals surface area contributed by atoms with Gasteiger partial charge in [-0.1, -0.05) is 13.8 Å². The second-order valence-corrected chi connectivity index (χ2v) is 7.32. The topological polar surface area (TPSA) is 47.0 Å². The highest BCUT2D eigenvalue weighted by atomic mass is 32.2. The molecule has 0 aromatic carbocycles. The number of aromatic nitrogens is 1. The second-order valence-electron chi connectivity index (χ2n) is 4.24. The van der Waals surface area contributed by atoms with E-state index in [1.165, 1.54) is 17.6 Å². The Balaban J connectivity index is 2.57. The number of sulfone groups is 1. The number of aryl methyl sites for hydroxylation is 1. The number of rotatable bonds is 5. The number of thiazole rings is 1. The summed E-state index contributed by atoms with van der Waals surface area (Å²) in [7, 11) is -2.95. The van der Waals surface area contributed by atoms with Gasteiger partial charge < -0.3 is 0 Å². The third-order valence-electron chi connectivity index (χ3n) is 1.96. The molecule has 0 spiro atoms. The standard InChI is InChI=1S/C10H17NO2S2/c1-8(2)4-5-9-6-14-10(11-9)7-15(3,12)13/h6,8H,4-5,7H2,1-3H3. The maximum atomic E-state index is 11.0. The van der Waals surface area contributed by atoms with Crippen LogP contribution in [-0.2, 0) is 22.0 Å². The molecule has 0 aliphatic rings. The minimum atomic E-state index is -2.95. The average Bonchev–Trinajstić information content (AvgIpc) is 2.45. The molecule has 1 rings (SSSR count). The van der Waals surface area contributed by atoms with Gasteiger partial charge in [-0.2, -0.15) is 0 Å². The summed E-state index contributed by atoms with van der Waals surface area (Å²) in [6.07, 6.45) is 3.28. The van der Waals surface area contributed by atoms with Crippen molar-refractivity contribution in [2.45, 2.75) is 32.4 Å². The fraction of sp³-hybridized carbons (Fsp3) is 0.700. The lowest BCUT2D eigenvalue weighted by molar-refractivity contribution is 0.581. The Kier molecular flexibility index (Phi) is 4.28. The van der Waals surface area contributed by atoms with Crippen LogP contribution < -0.4 is 0 Å². The van der Waals surface area contributed by atoms with E-state index in [4.69, 9.17) is 0 Å². The summed E-state index contributed by atoms with van der Waals surface area (Å²) in [4.78, 5) is 4.31. The van der Waals surface area contributed by atoms with Crippen molar-refractivity contribution in [3.05, 3.63) is 16.1 Å². The first-order valence-corrected chi connectivity index (χ1v) is 7.92. The predicted octanol–water partition coefficient (Wildman–Crippen LogP) is 2.28. The van der Waals surface area contributed by atoms with Gasteiger partial charge >= 0.3 is 0 Å². The lowest BCUT2D eigenvalue weighted by atomic mass is 10.1. The van der Waals surface area contributed by atoms with Crippen molar-refractivity contribution in [3.8, 4) is 0 Å². The van der Waals surface area contributed by atoms with Crippen molar-refractivity contribution in [2.75, 3.05) is 6.26 Å². The molecule has 0 N–H and O–H groups in total. The summed E-state index contributed by atoms with van der Waals surface area (Å²) < 4.78 is 22.1. The van der Waals surface area contributed by atoms with Crippen LogP contribution in [0, 0.1) is 5.92 Å². The van der Waals surface area contributed by atoms with Gasteiger partial charge in [0, 0.05) is 11.6 Å². The van der Waals surface area contributed by atoms with Crippen molar-refractivity contribution in [3.63, 3.8) is 0 Å². The van der Waals surface area contributed by atoms with Crippen LogP contribution in [0.3, 0.4) is 0 Å². The lowest BCUT2D eigenvalue weighted by Crippen LogP contribution is -2.00. The molecule has 0 aliphatic carbocycles. The van der Waals surface area contributed by atoms with E-state index in [1.54, 1.807) is 0 Å². The van der Waals surface area contributed by atoms with Gasteiger partial charge in [0.05, 0.1) is 5.69 Å².